The van der Waals surface area contributed by atoms with E-state index in [4.69, 9.17) is 0 Å². The minimum atomic E-state index is -0.165. The second-order valence-corrected chi connectivity index (χ2v) is 10.1. The smallest absolute Gasteiger partial charge is 0.0566 e. The summed E-state index contributed by atoms with van der Waals surface area (Å²) < 4.78 is 0. The van der Waals surface area contributed by atoms with Crippen molar-refractivity contribution in [1.29, 1.82) is 0 Å². The predicted octanol–water partition coefficient (Wildman–Crippen LogP) is 5.55. The molecule has 6 atom stereocenters. The van der Waals surface area contributed by atoms with Gasteiger partial charge in [-0.25, -0.2) is 0 Å². The average molecular weight is 391 g/mol. The predicted molar refractivity (Wildman–Crippen MR) is 118 cm³/mol. The highest BCUT2D eigenvalue weighted by Gasteiger charge is 2.55. The highest BCUT2D eigenvalue weighted by atomic mass is 16.3. The molecule has 6 unspecified atom stereocenters. The zero-order valence-corrected chi connectivity index (χ0v) is 17.7. The Morgan fingerprint density at radius 1 is 0.655 bits per heavy atom. The van der Waals surface area contributed by atoms with Crippen LogP contribution in [0, 0.1) is 23.7 Å². The summed E-state index contributed by atoms with van der Waals surface area (Å²) >= 11 is 0. The van der Waals surface area contributed by atoms with Crippen molar-refractivity contribution in [2.24, 2.45) is 23.7 Å². The van der Waals surface area contributed by atoms with Crippen LogP contribution in [0.5, 0.6) is 0 Å². The molecule has 0 amide bonds. The molecule has 2 heteroatoms. The van der Waals surface area contributed by atoms with Crippen LogP contribution in [0.4, 0.5) is 0 Å². The first-order valence-corrected chi connectivity index (χ1v) is 11.6. The first kappa shape index (κ1) is 19.3. The van der Waals surface area contributed by atoms with Gasteiger partial charge in [0.15, 0.2) is 0 Å². The van der Waals surface area contributed by atoms with Crippen LogP contribution in [0.3, 0.4) is 0 Å². The van der Waals surface area contributed by atoms with Gasteiger partial charge in [-0.05, 0) is 84.5 Å². The van der Waals surface area contributed by atoms with Gasteiger partial charge < -0.3 is 10.2 Å². The quantitative estimate of drug-likeness (QED) is 0.706. The highest BCUT2D eigenvalue weighted by Crippen LogP contribution is 2.62. The molecule has 154 valence electrons. The van der Waals surface area contributed by atoms with E-state index in [-0.39, 0.29) is 17.6 Å². The van der Waals surface area contributed by atoms with Crippen LogP contribution in [-0.4, -0.2) is 22.4 Å². The van der Waals surface area contributed by atoms with Crippen LogP contribution in [0.15, 0.2) is 48.5 Å². The van der Waals surface area contributed by atoms with Crippen molar-refractivity contribution in [3.63, 3.8) is 0 Å². The van der Waals surface area contributed by atoms with Gasteiger partial charge in [0.1, 0.15) is 0 Å². The Hall–Kier alpha value is -1.64. The topological polar surface area (TPSA) is 40.5 Å². The summed E-state index contributed by atoms with van der Waals surface area (Å²) in [5.74, 6) is 1.77. The molecule has 2 aromatic carbocycles. The number of aliphatic hydroxyl groups is 2. The number of fused-ring (bicyclic) bond motifs is 3. The Morgan fingerprint density at radius 3 is 1.48 bits per heavy atom. The van der Waals surface area contributed by atoms with Crippen molar-refractivity contribution in [2.75, 3.05) is 0 Å². The maximum atomic E-state index is 10.5. The van der Waals surface area contributed by atoms with Gasteiger partial charge in [0.2, 0.25) is 0 Å². The summed E-state index contributed by atoms with van der Waals surface area (Å²) in [4.78, 5) is 0. The van der Waals surface area contributed by atoms with Crippen molar-refractivity contribution >= 4 is 0 Å². The lowest BCUT2D eigenvalue weighted by molar-refractivity contribution is -0.0000677. The van der Waals surface area contributed by atoms with Crippen LogP contribution < -0.4 is 0 Å². The van der Waals surface area contributed by atoms with Gasteiger partial charge in [-0.15, -0.1) is 0 Å². The molecule has 2 saturated carbocycles. The number of aliphatic hydroxyl groups excluding tert-OH is 2. The molecule has 2 nitrogen and oxygen atoms in total. The van der Waals surface area contributed by atoms with Crippen molar-refractivity contribution in [2.45, 2.75) is 70.0 Å². The maximum absolute atomic E-state index is 10.5. The summed E-state index contributed by atoms with van der Waals surface area (Å²) in [6, 6.07) is 18.1. The second-order valence-electron chi connectivity index (χ2n) is 10.1. The Morgan fingerprint density at radius 2 is 1.07 bits per heavy atom. The standard InChI is InChI=1S/C27H34O2/c1-17-15-19(11-13-25(17)28)27(20-12-14-26(29)18(2)16-20)23-9-5-3-7-21(23)22-8-4-6-10-24(22)27/h3-10,17-20,25-26,28-29H,11-16H2,1-2H3. The fourth-order valence-corrected chi connectivity index (χ4v) is 7.10. The van der Waals surface area contributed by atoms with Crippen molar-refractivity contribution in [1.82, 2.24) is 0 Å². The third kappa shape index (κ3) is 2.83. The van der Waals surface area contributed by atoms with Crippen molar-refractivity contribution in [3.8, 4) is 11.1 Å². The lowest BCUT2D eigenvalue weighted by atomic mass is 9.53. The minimum absolute atomic E-state index is 0.00991. The second kappa shape index (κ2) is 7.25. The molecule has 0 aromatic heterocycles. The molecule has 0 spiro atoms. The first-order valence-electron chi connectivity index (χ1n) is 11.6. The Bertz CT molecular complexity index is 814. The van der Waals surface area contributed by atoms with E-state index in [1.807, 2.05) is 0 Å². The molecule has 5 rings (SSSR count). The molecular weight excluding hydrogens is 356 g/mol. The van der Waals surface area contributed by atoms with E-state index in [2.05, 4.69) is 62.4 Å². The van der Waals surface area contributed by atoms with Gasteiger partial charge in [-0.2, -0.15) is 0 Å². The van der Waals surface area contributed by atoms with E-state index >= 15 is 0 Å². The molecule has 3 aliphatic carbocycles. The molecule has 2 aromatic rings. The molecule has 0 radical (unpaired) electrons. The molecule has 0 bridgehead atoms. The molecular formula is C27H34O2. The number of hydrogen-bond acceptors (Lipinski definition) is 2. The van der Waals surface area contributed by atoms with E-state index in [0.29, 0.717) is 23.7 Å². The van der Waals surface area contributed by atoms with Crippen LogP contribution in [0.2, 0.25) is 0 Å². The van der Waals surface area contributed by atoms with Crippen LogP contribution >= 0.6 is 0 Å². The van der Waals surface area contributed by atoms with E-state index < -0.39 is 0 Å². The largest absolute Gasteiger partial charge is 0.393 e. The minimum Gasteiger partial charge on any atom is -0.393 e. The molecule has 3 aliphatic rings. The maximum Gasteiger partial charge on any atom is 0.0566 e. The summed E-state index contributed by atoms with van der Waals surface area (Å²) in [5.41, 5.74) is 5.82. The molecule has 29 heavy (non-hydrogen) atoms. The summed E-state index contributed by atoms with van der Waals surface area (Å²) in [5, 5.41) is 20.9. The van der Waals surface area contributed by atoms with Crippen LogP contribution in [0.1, 0.15) is 63.5 Å². The lowest BCUT2D eigenvalue weighted by Gasteiger charge is -2.51. The summed E-state index contributed by atoms with van der Waals surface area (Å²) in [7, 11) is 0. The number of hydrogen-bond donors (Lipinski definition) is 2. The zero-order valence-electron chi connectivity index (χ0n) is 17.7. The zero-order chi connectivity index (χ0) is 20.2. The van der Waals surface area contributed by atoms with Crippen molar-refractivity contribution in [3.05, 3.63) is 59.7 Å². The molecule has 0 aliphatic heterocycles. The van der Waals surface area contributed by atoms with Crippen molar-refractivity contribution < 1.29 is 10.2 Å². The summed E-state index contributed by atoms with van der Waals surface area (Å²) in [6.07, 6.45) is 5.81. The van der Waals surface area contributed by atoms with Gasteiger partial charge in [-0.3, -0.25) is 0 Å². The SMILES string of the molecule is CC1CC(C2(C3CCC(O)C(C)C3)c3ccccc3-c3ccccc32)CCC1O. The summed E-state index contributed by atoms with van der Waals surface area (Å²) in [6.45, 7) is 4.45. The Labute approximate surface area is 175 Å². The Kier molecular flexibility index (Phi) is 4.83. The van der Waals surface area contributed by atoms with Gasteiger partial charge in [0, 0.05) is 5.41 Å². The molecule has 2 fully saturated rings. The van der Waals surface area contributed by atoms with Gasteiger partial charge in [0.25, 0.3) is 0 Å². The fraction of sp³-hybridized carbons (Fsp3) is 0.556. The van der Waals surface area contributed by atoms with E-state index in [9.17, 15) is 10.2 Å². The highest BCUT2D eigenvalue weighted by molar-refractivity contribution is 5.81. The fourth-order valence-electron chi connectivity index (χ4n) is 7.10. The van der Waals surface area contributed by atoms with Crippen LogP contribution in [-0.2, 0) is 5.41 Å². The monoisotopic (exact) mass is 390 g/mol. The van der Waals surface area contributed by atoms with E-state index in [1.165, 1.54) is 22.3 Å². The van der Waals surface area contributed by atoms with E-state index in [0.717, 1.165) is 38.5 Å². The molecule has 0 saturated heterocycles. The van der Waals surface area contributed by atoms with Gasteiger partial charge in [-0.1, -0.05) is 62.4 Å². The molecule has 0 heterocycles. The number of rotatable bonds is 2. The average Bonchev–Trinajstić information content (AvgIpc) is 3.04. The molecule has 2 N–H and O–H groups in total. The Balaban J connectivity index is 1.71. The third-order valence-corrected chi connectivity index (χ3v) is 8.57. The number of benzene rings is 2. The first-order chi connectivity index (χ1) is 14.0. The van der Waals surface area contributed by atoms with Gasteiger partial charge >= 0.3 is 0 Å². The lowest BCUT2D eigenvalue weighted by Crippen LogP contribution is -2.48. The normalized spacial score (nSPS) is 35.7. The van der Waals surface area contributed by atoms with Crippen LogP contribution in [0.25, 0.3) is 11.1 Å². The van der Waals surface area contributed by atoms with E-state index in [1.54, 1.807) is 0 Å². The third-order valence-electron chi connectivity index (χ3n) is 8.57. The van der Waals surface area contributed by atoms with Gasteiger partial charge in [0.05, 0.1) is 12.2 Å².